The first-order chi connectivity index (χ1) is 9.20. The molecular weight excluding hydrogens is 236 g/mol. The number of nitrogens with two attached hydrogens (primary N) is 1. The summed E-state index contributed by atoms with van der Waals surface area (Å²) < 4.78 is 0. The number of carbonyl (C=O) groups excluding carboxylic acids is 1. The van der Waals surface area contributed by atoms with Crippen LogP contribution in [-0.2, 0) is 4.79 Å². The first-order valence-corrected chi connectivity index (χ1v) is 8.24. The van der Waals surface area contributed by atoms with Gasteiger partial charge in [0.1, 0.15) is 0 Å². The number of carbonyl (C=O) groups is 1. The number of nitrogens with zero attached hydrogens (tertiary/aromatic N) is 1. The summed E-state index contributed by atoms with van der Waals surface area (Å²) in [6.07, 6.45) is 10.4. The van der Waals surface area contributed by atoms with Crippen LogP contribution < -0.4 is 5.73 Å². The molecule has 1 aliphatic heterocycles. The summed E-state index contributed by atoms with van der Waals surface area (Å²) in [6.45, 7) is 4.16. The number of likely N-dealkylation sites (tertiary alicyclic amines) is 1. The van der Waals surface area contributed by atoms with Crippen molar-refractivity contribution in [1.29, 1.82) is 0 Å². The van der Waals surface area contributed by atoms with Crippen molar-refractivity contribution in [2.75, 3.05) is 13.1 Å². The van der Waals surface area contributed by atoms with Crippen molar-refractivity contribution >= 4 is 5.91 Å². The van der Waals surface area contributed by atoms with Gasteiger partial charge in [-0.1, -0.05) is 26.2 Å². The van der Waals surface area contributed by atoms with Gasteiger partial charge in [-0.25, -0.2) is 0 Å². The van der Waals surface area contributed by atoms with E-state index in [9.17, 15) is 4.79 Å². The number of hydrogen-bond donors (Lipinski definition) is 1. The second-order valence-corrected chi connectivity index (χ2v) is 6.51. The average molecular weight is 266 g/mol. The van der Waals surface area contributed by atoms with Crippen molar-refractivity contribution in [2.24, 2.45) is 17.6 Å². The molecule has 1 saturated carbocycles. The molecule has 0 radical (unpaired) electrons. The van der Waals surface area contributed by atoms with Crippen molar-refractivity contribution in [3.63, 3.8) is 0 Å². The Kier molecular flexibility index (Phi) is 5.68. The third-order valence-electron chi connectivity index (χ3n) is 5.11. The minimum Gasteiger partial charge on any atom is -0.343 e. The molecule has 1 saturated heterocycles. The lowest BCUT2D eigenvalue weighted by Crippen LogP contribution is -2.34. The molecule has 0 aromatic carbocycles. The van der Waals surface area contributed by atoms with E-state index >= 15 is 0 Å². The fourth-order valence-electron chi connectivity index (χ4n) is 3.77. The molecule has 2 rings (SSSR count). The molecule has 0 aromatic heterocycles. The van der Waals surface area contributed by atoms with Gasteiger partial charge in [-0.05, 0) is 43.9 Å². The van der Waals surface area contributed by atoms with Gasteiger partial charge in [0, 0.05) is 25.6 Å². The normalized spacial score (nSPS) is 32.6. The van der Waals surface area contributed by atoms with Gasteiger partial charge >= 0.3 is 0 Å². The van der Waals surface area contributed by atoms with E-state index in [0.29, 0.717) is 17.9 Å². The predicted octanol–water partition coefficient (Wildman–Crippen LogP) is 2.93. The zero-order chi connectivity index (χ0) is 13.7. The van der Waals surface area contributed by atoms with Crippen molar-refractivity contribution in [2.45, 2.75) is 70.8 Å². The molecule has 0 aromatic rings. The molecule has 3 unspecified atom stereocenters. The molecule has 0 spiro atoms. The predicted molar refractivity (Wildman–Crippen MR) is 78.8 cm³/mol. The maximum absolute atomic E-state index is 12.1. The van der Waals surface area contributed by atoms with Crippen molar-refractivity contribution < 1.29 is 4.79 Å². The lowest BCUT2D eigenvalue weighted by molar-refractivity contribution is -0.130. The lowest BCUT2D eigenvalue weighted by atomic mass is 9.96. The summed E-state index contributed by atoms with van der Waals surface area (Å²) in [7, 11) is 0. The fourth-order valence-corrected chi connectivity index (χ4v) is 3.77. The van der Waals surface area contributed by atoms with Gasteiger partial charge in [0.15, 0.2) is 0 Å². The Morgan fingerprint density at radius 3 is 2.74 bits per heavy atom. The SMILES string of the molecule is CCCC1CCC(=O)N(CCC2CCCC2N)CC1. The highest BCUT2D eigenvalue weighted by atomic mass is 16.2. The summed E-state index contributed by atoms with van der Waals surface area (Å²) in [5.41, 5.74) is 6.12. The van der Waals surface area contributed by atoms with Gasteiger partial charge in [0.05, 0.1) is 0 Å². The van der Waals surface area contributed by atoms with E-state index in [1.807, 2.05) is 0 Å². The third kappa shape index (κ3) is 4.20. The molecule has 1 aliphatic carbocycles. The molecule has 3 heteroatoms. The first kappa shape index (κ1) is 14.8. The number of amides is 1. The molecular formula is C16H30N2O. The lowest BCUT2D eigenvalue weighted by Gasteiger charge is -2.24. The van der Waals surface area contributed by atoms with Crippen LogP contribution in [0.4, 0.5) is 0 Å². The Bertz CT molecular complexity index is 292. The summed E-state index contributed by atoms with van der Waals surface area (Å²) in [5, 5.41) is 0. The number of rotatable bonds is 5. The second kappa shape index (κ2) is 7.28. The van der Waals surface area contributed by atoms with E-state index < -0.39 is 0 Å². The smallest absolute Gasteiger partial charge is 0.222 e. The van der Waals surface area contributed by atoms with Gasteiger partial charge in [-0.15, -0.1) is 0 Å². The Morgan fingerprint density at radius 2 is 2.05 bits per heavy atom. The van der Waals surface area contributed by atoms with Crippen LogP contribution in [0.15, 0.2) is 0 Å². The van der Waals surface area contributed by atoms with Gasteiger partial charge in [0.25, 0.3) is 0 Å². The summed E-state index contributed by atoms with van der Waals surface area (Å²) in [6, 6.07) is 0.384. The molecule has 2 N–H and O–H groups in total. The molecule has 2 fully saturated rings. The van der Waals surface area contributed by atoms with Crippen molar-refractivity contribution in [3.05, 3.63) is 0 Å². The Hall–Kier alpha value is -0.570. The molecule has 19 heavy (non-hydrogen) atoms. The maximum atomic E-state index is 12.1. The van der Waals surface area contributed by atoms with Crippen LogP contribution in [0.25, 0.3) is 0 Å². The third-order valence-corrected chi connectivity index (χ3v) is 5.11. The molecule has 3 atom stereocenters. The van der Waals surface area contributed by atoms with Crippen LogP contribution in [0.2, 0.25) is 0 Å². The number of hydrogen-bond acceptors (Lipinski definition) is 2. The maximum Gasteiger partial charge on any atom is 0.222 e. The summed E-state index contributed by atoms with van der Waals surface area (Å²) >= 11 is 0. The van der Waals surface area contributed by atoms with Crippen molar-refractivity contribution in [1.82, 2.24) is 4.90 Å². The Morgan fingerprint density at radius 1 is 1.21 bits per heavy atom. The highest BCUT2D eigenvalue weighted by molar-refractivity contribution is 5.76. The Labute approximate surface area is 117 Å². The Balaban J connectivity index is 1.77. The summed E-state index contributed by atoms with van der Waals surface area (Å²) in [5.74, 6) is 1.81. The van der Waals surface area contributed by atoms with Crippen LogP contribution in [0.1, 0.15) is 64.7 Å². The molecule has 1 amide bonds. The zero-order valence-corrected chi connectivity index (χ0v) is 12.4. The fraction of sp³-hybridized carbons (Fsp3) is 0.938. The highest BCUT2D eigenvalue weighted by Gasteiger charge is 2.26. The zero-order valence-electron chi connectivity index (χ0n) is 12.4. The van der Waals surface area contributed by atoms with Crippen LogP contribution in [-0.4, -0.2) is 29.9 Å². The average Bonchev–Trinajstić information content (AvgIpc) is 2.72. The quantitative estimate of drug-likeness (QED) is 0.831. The largest absolute Gasteiger partial charge is 0.343 e. The van der Waals surface area contributed by atoms with E-state index in [0.717, 1.165) is 38.3 Å². The standard InChI is InChI=1S/C16H30N2O/c1-2-4-13-7-8-16(19)18(11-9-13)12-10-14-5-3-6-15(14)17/h13-15H,2-12,17H2,1H3. The minimum atomic E-state index is 0.380. The molecule has 2 aliphatic rings. The van der Waals surface area contributed by atoms with Crippen LogP contribution in [0.3, 0.4) is 0 Å². The highest BCUT2D eigenvalue weighted by Crippen LogP contribution is 2.28. The minimum absolute atomic E-state index is 0.380. The van der Waals surface area contributed by atoms with Crippen LogP contribution >= 0.6 is 0 Å². The van der Waals surface area contributed by atoms with Gasteiger partial charge in [-0.2, -0.15) is 0 Å². The van der Waals surface area contributed by atoms with E-state index in [1.165, 1.54) is 38.5 Å². The van der Waals surface area contributed by atoms with E-state index in [2.05, 4.69) is 11.8 Å². The summed E-state index contributed by atoms with van der Waals surface area (Å²) in [4.78, 5) is 14.3. The van der Waals surface area contributed by atoms with Crippen LogP contribution in [0, 0.1) is 11.8 Å². The van der Waals surface area contributed by atoms with E-state index in [1.54, 1.807) is 0 Å². The van der Waals surface area contributed by atoms with Gasteiger partial charge in [-0.3, -0.25) is 4.79 Å². The molecule has 1 heterocycles. The molecule has 3 nitrogen and oxygen atoms in total. The van der Waals surface area contributed by atoms with Crippen LogP contribution in [0.5, 0.6) is 0 Å². The van der Waals surface area contributed by atoms with E-state index in [4.69, 9.17) is 5.73 Å². The molecule has 110 valence electrons. The van der Waals surface area contributed by atoms with E-state index in [-0.39, 0.29) is 0 Å². The second-order valence-electron chi connectivity index (χ2n) is 6.51. The van der Waals surface area contributed by atoms with Crippen molar-refractivity contribution in [3.8, 4) is 0 Å². The van der Waals surface area contributed by atoms with Gasteiger partial charge in [0.2, 0.25) is 5.91 Å². The first-order valence-electron chi connectivity index (χ1n) is 8.24. The monoisotopic (exact) mass is 266 g/mol. The molecule has 0 bridgehead atoms. The topological polar surface area (TPSA) is 46.3 Å². The van der Waals surface area contributed by atoms with Gasteiger partial charge < -0.3 is 10.6 Å².